The molecule has 1 aromatic rings. The third kappa shape index (κ3) is 5.52. The van der Waals surface area contributed by atoms with Crippen molar-refractivity contribution in [3.05, 3.63) is 22.6 Å². The Kier molecular flexibility index (Phi) is 6.83. The molecule has 0 aliphatic carbocycles. The van der Waals surface area contributed by atoms with Crippen molar-refractivity contribution in [2.45, 2.75) is 19.5 Å². The molecule has 21 heavy (non-hydrogen) atoms. The van der Waals surface area contributed by atoms with Gasteiger partial charge in [-0.2, -0.15) is 5.10 Å². The van der Waals surface area contributed by atoms with Gasteiger partial charge in [-0.25, -0.2) is 4.68 Å². The molecule has 0 radical (unpaired) electrons. The highest BCUT2D eigenvalue weighted by atomic mass is 16.5. The molecule has 0 aliphatic rings. The second-order valence-electron chi connectivity index (χ2n) is 4.84. The maximum atomic E-state index is 11.9. The molecule has 0 saturated carbocycles. The van der Waals surface area contributed by atoms with Crippen LogP contribution in [0.5, 0.6) is 0 Å². The van der Waals surface area contributed by atoms with E-state index in [9.17, 15) is 9.59 Å². The molecule has 1 unspecified atom stereocenters. The van der Waals surface area contributed by atoms with Crippen LogP contribution in [0.15, 0.2) is 17.1 Å². The number of nitrogens with zero attached hydrogens (tertiary/aromatic N) is 3. The van der Waals surface area contributed by atoms with Crippen LogP contribution in [0.4, 0.5) is 5.69 Å². The van der Waals surface area contributed by atoms with E-state index in [-0.39, 0.29) is 24.1 Å². The van der Waals surface area contributed by atoms with Gasteiger partial charge in [-0.15, -0.1) is 0 Å². The average Bonchev–Trinajstić information content (AvgIpc) is 2.41. The van der Waals surface area contributed by atoms with Crippen LogP contribution in [0.3, 0.4) is 0 Å². The number of hydrogen-bond donors (Lipinski definition) is 2. The van der Waals surface area contributed by atoms with Gasteiger partial charge in [-0.3, -0.25) is 9.59 Å². The van der Waals surface area contributed by atoms with Gasteiger partial charge >= 0.3 is 0 Å². The van der Waals surface area contributed by atoms with Gasteiger partial charge in [0.15, 0.2) is 0 Å². The van der Waals surface area contributed by atoms with Gasteiger partial charge < -0.3 is 20.7 Å². The lowest BCUT2D eigenvalue weighted by Crippen LogP contribution is -2.40. The van der Waals surface area contributed by atoms with Gasteiger partial charge in [0.05, 0.1) is 18.5 Å². The lowest BCUT2D eigenvalue weighted by atomic mass is 10.3. The largest absolute Gasteiger partial charge is 0.383 e. The van der Waals surface area contributed by atoms with E-state index in [0.717, 1.165) is 4.68 Å². The molecule has 8 nitrogen and oxygen atoms in total. The van der Waals surface area contributed by atoms with E-state index in [4.69, 9.17) is 10.5 Å². The first-order valence-electron chi connectivity index (χ1n) is 6.74. The van der Waals surface area contributed by atoms with Crippen LogP contribution in [0.1, 0.15) is 6.92 Å². The molecule has 1 heterocycles. The van der Waals surface area contributed by atoms with E-state index in [1.54, 1.807) is 13.3 Å². The standard InChI is InChI=1S/C13H23N5O3/c1-10(9-21-3)16-12(19)8-18-13(20)6-11(7-15-18)17(2)5-4-14/h6-7,10H,4-5,8-9,14H2,1-3H3,(H,16,19). The summed E-state index contributed by atoms with van der Waals surface area (Å²) in [5.41, 5.74) is 5.81. The monoisotopic (exact) mass is 297 g/mol. The molecule has 0 bridgehead atoms. The Balaban J connectivity index is 2.68. The molecule has 8 heteroatoms. The van der Waals surface area contributed by atoms with Crippen molar-refractivity contribution in [1.82, 2.24) is 15.1 Å². The molecular formula is C13H23N5O3. The summed E-state index contributed by atoms with van der Waals surface area (Å²) < 4.78 is 6.05. The Morgan fingerprint density at radius 2 is 2.33 bits per heavy atom. The number of aromatic nitrogens is 2. The Hall–Kier alpha value is -1.93. The quantitative estimate of drug-likeness (QED) is 0.624. The number of ether oxygens (including phenoxy) is 1. The van der Waals surface area contributed by atoms with Crippen molar-refractivity contribution in [1.29, 1.82) is 0 Å². The highest BCUT2D eigenvalue weighted by Crippen LogP contribution is 2.05. The number of nitrogens with one attached hydrogen (secondary N) is 1. The molecule has 3 N–H and O–H groups in total. The lowest BCUT2D eigenvalue weighted by molar-refractivity contribution is -0.122. The van der Waals surface area contributed by atoms with Crippen LogP contribution < -0.4 is 21.5 Å². The van der Waals surface area contributed by atoms with Gasteiger partial charge in [0.1, 0.15) is 6.54 Å². The number of hydrogen-bond acceptors (Lipinski definition) is 6. The van der Waals surface area contributed by atoms with E-state index in [0.29, 0.717) is 25.4 Å². The SMILES string of the molecule is COCC(C)NC(=O)Cn1ncc(N(C)CCN)cc1=O. The van der Waals surface area contributed by atoms with Crippen molar-refractivity contribution in [2.24, 2.45) is 5.73 Å². The Morgan fingerprint density at radius 3 is 2.90 bits per heavy atom. The van der Waals surface area contributed by atoms with Crippen molar-refractivity contribution in [3.63, 3.8) is 0 Å². The minimum absolute atomic E-state index is 0.117. The number of methoxy groups -OCH3 is 1. The first kappa shape index (κ1) is 17.1. The summed E-state index contributed by atoms with van der Waals surface area (Å²) in [5.74, 6) is -0.280. The van der Waals surface area contributed by atoms with E-state index >= 15 is 0 Å². The zero-order valence-corrected chi connectivity index (χ0v) is 12.7. The number of likely N-dealkylation sites (N-methyl/N-ethyl adjacent to an activating group) is 1. The molecule has 1 rings (SSSR count). The molecule has 118 valence electrons. The maximum Gasteiger partial charge on any atom is 0.269 e. The van der Waals surface area contributed by atoms with Crippen LogP contribution >= 0.6 is 0 Å². The molecule has 0 fully saturated rings. The Morgan fingerprint density at radius 1 is 1.62 bits per heavy atom. The Bertz CT molecular complexity index is 517. The summed E-state index contributed by atoms with van der Waals surface area (Å²) in [4.78, 5) is 25.5. The number of anilines is 1. The van der Waals surface area contributed by atoms with Crippen LogP contribution in [0.25, 0.3) is 0 Å². The van der Waals surface area contributed by atoms with Gasteiger partial charge in [-0.05, 0) is 6.92 Å². The zero-order valence-electron chi connectivity index (χ0n) is 12.7. The molecular weight excluding hydrogens is 274 g/mol. The van der Waals surface area contributed by atoms with Crippen LogP contribution in [-0.2, 0) is 16.1 Å². The minimum Gasteiger partial charge on any atom is -0.383 e. The van der Waals surface area contributed by atoms with Crippen molar-refractivity contribution >= 4 is 11.6 Å². The minimum atomic E-state index is -0.328. The first-order chi connectivity index (χ1) is 9.97. The summed E-state index contributed by atoms with van der Waals surface area (Å²) in [5, 5.41) is 6.73. The summed E-state index contributed by atoms with van der Waals surface area (Å²) in [6, 6.07) is 1.32. The molecule has 0 saturated heterocycles. The second-order valence-corrected chi connectivity index (χ2v) is 4.84. The lowest BCUT2D eigenvalue weighted by Gasteiger charge is -2.18. The summed E-state index contributed by atoms with van der Waals surface area (Å²) >= 11 is 0. The summed E-state index contributed by atoms with van der Waals surface area (Å²) in [6.07, 6.45) is 1.54. The number of carbonyl (C=O) groups is 1. The maximum absolute atomic E-state index is 11.9. The van der Waals surface area contributed by atoms with Crippen LogP contribution in [0.2, 0.25) is 0 Å². The van der Waals surface area contributed by atoms with Gasteiger partial charge in [-0.1, -0.05) is 0 Å². The number of nitrogens with two attached hydrogens (primary N) is 1. The van der Waals surface area contributed by atoms with E-state index in [1.165, 1.54) is 6.07 Å². The van der Waals surface area contributed by atoms with Gasteiger partial charge in [0.2, 0.25) is 5.91 Å². The summed E-state index contributed by atoms with van der Waals surface area (Å²) in [6.45, 7) is 3.23. The predicted molar refractivity (Wildman–Crippen MR) is 80.3 cm³/mol. The fraction of sp³-hybridized carbons (Fsp3) is 0.615. The smallest absolute Gasteiger partial charge is 0.269 e. The number of amides is 1. The average molecular weight is 297 g/mol. The van der Waals surface area contributed by atoms with E-state index in [2.05, 4.69) is 10.4 Å². The molecule has 1 atom stereocenters. The Labute approximate surface area is 123 Å². The van der Waals surface area contributed by atoms with Crippen molar-refractivity contribution in [2.75, 3.05) is 38.8 Å². The van der Waals surface area contributed by atoms with Crippen LogP contribution in [0, 0.1) is 0 Å². The third-order valence-corrected chi connectivity index (χ3v) is 2.88. The van der Waals surface area contributed by atoms with E-state index < -0.39 is 0 Å². The fourth-order valence-electron chi connectivity index (χ4n) is 1.82. The molecule has 1 amide bonds. The number of carbonyl (C=O) groups excluding carboxylic acids is 1. The highest BCUT2D eigenvalue weighted by molar-refractivity contribution is 5.75. The molecule has 1 aromatic heterocycles. The van der Waals surface area contributed by atoms with Gasteiger partial charge in [0.25, 0.3) is 5.56 Å². The second kappa shape index (κ2) is 8.38. The topological polar surface area (TPSA) is 102 Å². The number of rotatable bonds is 8. The van der Waals surface area contributed by atoms with Crippen molar-refractivity contribution in [3.8, 4) is 0 Å². The normalized spacial score (nSPS) is 12.0. The third-order valence-electron chi connectivity index (χ3n) is 2.88. The van der Waals surface area contributed by atoms with Crippen LogP contribution in [-0.4, -0.2) is 55.6 Å². The van der Waals surface area contributed by atoms with Gasteiger partial charge in [0, 0.05) is 39.4 Å². The molecule has 0 spiro atoms. The summed E-state index contributed by atoms with van der Waals surface area (Å²) in [7, 11) is 3.39. The molecule has 0 aromatic carbocycles. The van der Waals surface area contributed by atoms with Crippen molar-refractivity contribution < 1.29 is 9.53 Å². The highest BCUT2D eigenvalue weighted by Gasteiger charge is 2.10. The fourth-order valence-corrected chi connectivity index (χ4v) is 1.82. The predicted octanol–water partition coefficient (Wildman–Crippen LogP) is -1.21. The van der Waals surface area contributed by atoms with E-state index in [1.807, 2.05) is 18.9 Å². The molecule has 0 aliphatic heterocycles. The zero-order chi connectivity index (χ0) is 15.8. The first-order valence-corrected chi connectivity index (χ1v) is 6.74.